The van der Waals surface area contributed by atoms with Crippen molar-refractivity contribution in [2.75, 3.05) is 4.90 Å². The number of fused-ring (bicyclic) bond motifs is 7. The number of nitrogens with zero attached hydrogens (tertiary/aromatic N) is 1. The zero-order chi connectivity index (χ0) is 37.8. The molecule has 2 nitrogen and oxygen atoms in total. The second-order valence-corrected chi connectivity index (χ2v) is 14.8. The molecule has 0 amide bonds. The Bertz CT molecular complexity index is 2900. The maximum absolute atomic E-state index is 6.52. The number of hydrogen-bond acceptors (Lipinski definition) is 2. The third-order valence-corrected chi connectivity index (χ3v) is 11.8. The Morgan fingerprint density at radius 2 is 0.825 bits per heavy atom. The van der Waals surface area contributed by atoms with Crippen LogP contribution >= 0.6 is 0 Å². The first-order valence-corrected chi connectivity index (χ1v) is 19.6. The molecule has 10 aromatic rings. The van der Waals surface area contributed by atoms with Gasteiger partial charge in [-0.05, 0) is 104 Å². The van der Waals surface area contributed by atoms with Gasteiger partial charge in [0.2, 0.25) is 0 Å². The minimum absolute atomic E-state index is 0.588. The van der Waals surface area contributed by atoms with E-state index < -0.39 is 5.41 Å². The quantitative estimate of drug-likeness (QED) is 0.163. The Morgan fingerprint density at radius 1 is 0.351 bits per heavy atom. The summed E-state index contributed by atoms with van der Waals surface area (Å²) in [6, 6.07) is 81.2. The van der Waals surface area contributed by atoms with Gasteiger partial charge in [0.05, 0.1) is 5.41 Å². The summed E-state index contributed by atoms with van der Waals surface area (Å²) in [6.45, 7) is 0. The third-order valence-electron chi connectivity index (χ3n) is 11.8. The molecule has 2 heteroatoms. The van der Waals surface area contributed by atoms with Crippen molar-refractivity contribution < 1.29 is 4.42 Å². The van der Waals surface area contributed by atoms with Gasteiger partial charge in [0.25, 0.3) is 0 Å². The summed E-state index contributed by atoms with van der Waals surface area (Å²) in [4.78, 5) is 2.40. The van der Waals surface area contributed by atoms with E-state index in [1.54, 1.807) is 0 Å². The normalized spacial score (nSPS) is 12.7. The highest BCUT2D eigenvalue weighted by atomic mass is 16.3. The summed E-state index contributed by atoms with van der Waals surface area (Å²) in [5.74, 6) is 0. The number of benzene rings is 9. The zero-order valence-corrected chi connectivity index (χ0v) is 31.2. The molecule has 11 rings (SSSR count). The van der Waals surface area contributed by atoms with Crippen LogP contribution in [0, 0.1) is 0 Å². The van der Waals surface area contributed by atoms with E-state index in [-0.39, 0.29) is 0 Å². The van der Waals surface area contributed by atoms with Gasteiger partial charge in [0, 0.05) is 27.8 Å². The Morgan fingerprint density at radius 3 is 1.39 bits per heavy atom. The molecule has 0 unspecified atom stereocenters. The van der Waals surface area contributed by atoms with Crippen LogP contribution in [0.15, 0.2) is 229 Å². The lowest BCUT2D eigenvalue weighted by Gasteiger charge is -2.35. The van der Waals surface area contributed by atoms with E-state index in [2.05, 4.69) is 229 Å². The summed E-state index contributed by atoms with van der Waals surface area (Å²) in [5, 5.41) is 2.30. The van der Waals surface area contributed by atoms with Gasteiger partial charge in [-0.1, -0.05) is 176 Å². The van der Waals surface area contributed by atoms with Crippen molar-refractivity contribution in [1.29, 1.82) is 0 Å². The predicted molar refractivity (Wildman–Crippen MR) is 237 cm³/mol. The van der Waals surface area contributed by atoms with Crippen LogP contribution in [0.1, 0.15) is 22.3 Å². The molecular formula is C55H37NO. The highest BCUT2D eigenvalue weighted by Gasteiger charge is 2.47. The smallest absolute Gasteiger partial charge is 0.136 e. The van der Waals surface area contributed by atoms with Gasteiger partial charge in [-0.15, -0.1) is 0 Å². The zero-order valence-electron chi connectivity index (χ0n) is 31.2. The molecular weight excluding hydrogens is 691 g/mol. The van der Waals surface area contributed by atoms with Crippen LogP contribution in [0.5, 0.6) is 0 Å². The molecule has 1 aliphatic rings. The van der Waals surface area contributed by atoms with Gasteiger partial charge in [-0.3, -0.25) is 0 Å². The van der Waals surface area contributed by atoms with Crippen LogP contribution in [0.25, 0.3) is 55.3 Å². The predicted octanol–water partition coefficient (Wildman–Crippen LogP) is 14.8. The lowest BCUT2D eigenvalue weighted by atomic mass is 9.67. The minimum Gasteiger partial charge on any atom is -0.456 e. The Kier molecular flexibility index (Phi) is 7.75. The van der Waals surface area contributed by atoms with E-state index in [1.165, 1.54) is 55.6 Å². The van der Waals surface area contributed by atoms with Crippen LogP contribution in [0.2, 0.25) is 0 Å². The number of rotatable bonds is 7. The second kappa shape index (κ2) is 13.4. The summed E-state index contributed by atoms with van der Waals surface area (Å²) >= 11 is 0. The molecule has 0 radical (unpaired) electrons. The van der Waals surface area contributed by atoms with Gasteiger partial charge in [-0.2, -0.15) is 0 Å². The van der Waals surface area contributed by atoms with Crippen molar-refractivity contribution in [2.24, 2.45) is 0 Å². The molecule has 0 fully saturated rings. The Balaban J connectivity index is 1.18. The summed E-state index contributed by atoms with van der Waals surface area (Å²) in [7, 11) is 0. The monoisotopic (exact) mass is 727 g/mol. The Hall–Kier alpha value is -7.42. The lowest BCUT2D eigenvalue weighted by molar-refractivity contribution is 0.668. The average molecular weight is 728 g/mol. The fraction of sp³-hybridized carbons (Fsp3) is 0.0182. The van der Waals surface area contributed by atoms with Gasteiger partial charge >= 0.3 is 0 Å². The molecule has 0 atom stereocenters. The third kappa shape index (κ3) is 5.26. The van der Waals surface area contributed by atoms with E-state index in [9.17, 15) is 0 Å². The molecule has 0 spiro atoms. The summed E-state index contributed by atoms with van der Waals surface area (Å²) < 4.78 is 6.52. The van der Waals surface area contributed by atoms with E-state index >= 15 is 0 Å². The number of anilines is 3. The molecule has 0 N–H and O–H groups in total. The van der Waals surface area contributed by atoms with Crippen LogP contribution in [0.4, 0.5) is 17.1 Å². The SMILES string of the molecule is c1ccc(-c2ccc(N(c3ccc(-c4ccccc4)cc3)c3ccc4c(c3)C(c3ccccc3)(c3ccccc3)c3ccc5oc6ccccc6c5c3-4)cc2)cc1. The maximum Gasteiger partial charge on any atom is 0.136 e. The molecule has 268 valence electrons. The summed E-state index contributed by atoms with van der Waals surface area (Å²) in [6.07, 6.45) is 0. The van der Waals surface area contributed by atoms with Crippen molar-refractivity contribution in [3.8, 4) is 33.4 Å². The lowest BCUT2D eigenvalue weighted by Crippen LogP contribution is -2.28. The first-order valence-electron chi connectivity index (χ1n) is 19.6. The molecule has 57 heavy (non-hydrogen) atoms. The molecule has 0 saturated heterocycles. The molecule has 1 aromatic heterocycles. The van der Waals surface area contributed by atoms with Crippen molar-refractivity contribution >= 4 is 39.0 Å². The first kappa shape index (κ1) is 33.0. The highest BCUT2D eigenvalue weighted by Crippen LogP contribution is 2.59. The fourth-order valence-electron chi connectivity index (χ4n) is 9.23. The van der Waals surface area contributed by atoms with E-state index in [0.717, 1.165) is 39.0 Å². The Labute approximate surface area is 332 Å². The van der Waals surface area contributed by atoms with E-state index in [4.69, 9.17) is 4.42 Å². The van der Waals surface area contributed by atoms with Gasteiger partial charge in [0.1, 0.15) is 11.2 Å². The maximum atomic E-state index is 6.52. The van der Waals surface area contributed by atoms with Crippen LogP contribution in [-0.4, -0.2) is 0 Å². The van der Waals surface area contributed by atoms with Crippen molar-refractivity contribution in [2.45, 2.75) is 5.41 Å². The highest BCUT2D eigenvalue weighted by molar-refractivity contribution is 6.15. The molecule has 1 heterocycles. The van der Waals surface area contributed by atoms with Gasteiger partial charge in [0.15, 0.2) is 0 Å². The second-order valence-electron chi connectivity index (χ2n) is 14.8. The minimum atomic E-state index is -0.588. The largest absolute Gasteiger partial charge is 0.456 e. The standard InChI is InChI=1S/C55H37NO/c1-5-15-38(16-6-1)40-25-29-44(30-26-40)56(45-31-27-41(28-32-45)39-17-7-2-8-18-39)46-33-34-47-50(37-46)55(42-19-9-3-10-20-42,43-21-11-4-12-22-43)49-35-36-52-54(53(47)49)48-23-13-14-24-51(48)57-52/h1-37H. The number of furan rings is 1. The van der Waals surface area contributed by atoms with Gasteiger partial charge in [-0.25, -0.2) is 0 Å². The number of para-hydroxylation sites is 1. The first-order chi connectivity index (χ1) is 28.3. The van der Waals surface area contributed by atoms with Crippen LogP contribution in [0.3, 0.4) is 0 Å². The average Bonchev–Trinajstić information content (AvgIpc) is 3.82. The van der Waals surface area contributed by atoms with Crippen molar-refractivity contribution in [3.63, 3.8) is 0 Å². The van der Waals surface area contributed by atoms with Crippen molar-refractivity contribution in [3.05, 3.63) is 247 Å². The van der Waals surface area contributed by atoms with Gasteiger partial charge < -0.3 is 9.32 Å². The number of hydrogen-bond donors (Lipinski definition) is 0. The topological polar surface area (TPSA) is 16.4 Å². The molecule has 1 aliphatic carbocycles. The molecule has 0 saturated carbocycles. The molecule has 0 aliphatic heterocycles. The summed E-state index contributed by atoms with van der Waals surface area (Å²) in [5.41, 5.74) is 16.7. The molecule has 0 bridgehead atoms. The van der Waals surface area contributed by atoms with Crippen LogP contribution in [-0.2, 0) is 5.41 Å². The van der Waals surface area contributed by atoms with Crippen molar-refractivity contribution in [1.82, 2.24) is 0 Å². The van der Waals surface area contributed by atoms with E-state index in [1.807, 2.05) is 0 Å². The fourth-order valence-corrected chi connectivity index (χ4v) is 9.23. The molecule has 9 aromatic carbocycles. The van der Waals surface area contributed by atoms with E-state index in [0.29, 0.717) is 0 Å². The van der Waals surface area contributed by atoms with Crippen LogP contribution < -0.4 is 4.90 Å².